The van der Waals surface area contributed by atoms with Gasteiger partial charge in [-0.05, 0) is 95.4 Å². The molecule has 126 valence electrons. The topological polar surface area (TPSA) is 17.4 Å². The number of hydrogen-bond donors (Lipinski definition) is 0. The van der Waals surface area contributed by atoms with Gasteiger partial charge in [0.25, 0.3) is 0 Å². The maximum atomic E-state index is 5.65. The third-order valence-electron chi connectivity index (χ3n) is 4.12. The fourth-order valence-corrected chi connectivity index (χ4v) is 5.09. The summed E-state index contributed by atoms with van der Waals surface area (Å²) in [5.41, 5.74) is 2.47. The molecule has 0 saturated carbocycles. The van der Waals surface area contributed by atoms with Gasteiger partial charge in [-0.2, -0.15) is 0 Å². The zero-order valence-corrected chi connectivity index (χ0v) is 18.2. The Morgan fingerprint density at radius 3 is 2.57 bits per heavy atom. The molecule has 0 unspecified atom stereocenters. The highest BCUT2D eigenvalue weighted by Gasteiger charge is 2.16. The second-order valence-electron chi connectivity index (χ2n) is 5.65. The summed E-state index contributed by atoms with van der Waals surface area (Å²) in [5.74, 6) is 0.956. The van der Waals surface area contributed by atoms with E-state index in [4.69, 9.17) is 4.74 Å². The Kier molecular flexibility index (Phi) is 7.50. The van der Waals surface area contributed by atoms with E-state index in [1.165, 1.54) is 41.6 Å². The number of aromatic nitrogens is 1. The number of rotatable bonds is 4. The van der Waals surface area contributed by atoms with Crippen LogP contribution in [0, 0.1) is 7.14 Å². The predicted molar refractivity (Wildman–Crippen MR) is 114 cm³/mol. The minimum absolute atomic E-state index is 0. The number of hydrogen-bond acceptors (Lipinski definition) is 2. The first kappa shape index (κ1) is 19.3. The van der Waals surface area contributed by atoms with Crippen LogP contribution in [-0.2, 0) is 6.54 Å². The van der Waals surface area contributed by atoms with Crippen LogP contribution in [0.25, 0.3) is 5.69 Å². The Bertz CT molecular complexity index is 654. The van der Waals surface area contributed by atoms with Crippen LogP contribution in [0.2, 0.25) is 0 Å². The van der Waals surface area contributed by atoms with Gasteiger partial charge in [-0.3, -0.25) is 4.90 Å². The van der Waals surface area contributed by atoms with Gasteiger partial charge in [0, 0.05) is 22.0 Å². The van der Waals surface area contributed by atoms with E-state index in [2.05, 4.69) is 85.1 Å². The lowest BCUT2D eigenvalue weighted by Gasteiger charge is -2.27. The first-order chi connectivity index (χ1) is 10.7. The Labute approximate surface area is 171 Å². The highest BCUT2D eigenvalue weighted by Crippen LogP contribution is 2.32. The van der Waals surface area contributed by atoms with Crippen LogP contribution in [0.1, 0.15) is 25.0 Å². The lowest BCUT2D eigenvalue weighted by atomic mass is 10.1. The first-order valence-corrected chi connectivity index (χ1v) is 9.77. The Morgan fingerprint density at radius 1 is 1.13 bits per heavy atom. The van der Waals surface area contributed by atoms with E-state index in [1.54, 1.807) is 7.11 Å². The second-order valence-corrected chi connectivity index (χ2v) is 8.05. The van der Waals surface area contributed by atoms with Crippen molar-refractivity contribution < 1.29 is 4.74 Å². The second kappa shape index (κ2) is 8.92. The van der Waals surface area contributed by atoms with Crippen molar-refractivity contribution in [2.24, 2.45) is 0 Å². The van der Waals surface area contributed by atoms with Crippen molar-refractivity contribution in [1.29, 1.82) is 0 Å². The van der Waals surface area contributed by atoms with E-state index in [9.17, 15) is 0 Å². The molecule has 0 spiro atoms. The molecule has 0 bridgehead atoms. The number of halogens is 3. The van der Waals surface area contributed by atoms with Crippen molar-refractivity contribution in [3.05, 3.63) is 43.3 Å². The summed E-state index contributed by atoms with van der Waals surface area (Å²) < 4.78 is 10.3. The van der Waals surface area contributed by atoms with Crippen LogP contribution < -0.4 is 4.74 Å². The molecule has 0 amide bonds. The Morgan fingerprint density at radius 2 is 1.87 bits per heavy atom. The average Bonchev–Trinajstić information content (AvgIpc) is 2.95. The SMILES string of the molecule is COc1c(I)cc(I)cc1-n1cccc1CN1CCCCC1.Cl. The normalized spacial score (nSPS) is 15.3. The van der Waals surface area contributed by atoms with Gasteiger partial charge in [-0.25, -0.2) is 0 Å². The lowest BCUT2D eigenvalue weighted by Crippen LogP contribution is -2.29. The van der Waals surface area contributed by atoms with Crippen LogP contribution in [0.15, 0.2) is 30.5 Å². The smallest absolute Gasteiger partial charge is 0.156 e. The molecule has 23 heavy (non-hydrogen) atoms. The molecule has 2 aromatic rings. The van der Waals surface area contributed by atoms with Gasteiger partial charge in [0.05, 0.1) is 16.4 Å². The van der Waals surface area contributed by atoms with Gasteiger partial charge in [-0.1, -0.05) is 6.42 Å². The summed E-state index contributed by atoms with van der Waals surface area (Å²) >= 11 is 4.72. The Balaban J connectivity index is 0.00000192. The summed E-state index contributed by atoms with van der Waals surface area (Å²) in [6.07, 6.45) is 6.17. The fraction of sp³-hybridized carbons (Fsp3) is 0.412. The molecule has 3 nitrogen and oxygen atoms in total. The monoisotopic (exact) mass is 558 g/mol. The number of benzene rings is 1. The zero-order chi connectivity index (χ0) is 15.5. The van der Waals surface area contributed by atoms with Crippen LogP contribution in [0.5, 0.6) is 5.75 Å². The molecule has 0 radical (unpaired) electrons. The summed E-state index contributed by atoms with van der Waals surface area (Å²) in [4.78, 5) is 2.56. The molecule has 1 aliphatic rings. The molecule has 0 N–H and O–H groups in total. The lowest BCUT2D eigenvalue weighted by molar-refractivity contribution is 0.217. The number of piperidine rings is 1. The van der Waals surface area contributed by atoms with E-state index in [-0.39, 0.29) is 12.4 Å². The number of methoxy groups -OCH3 is 1. The van der Waals surface area contributed by atoms with Crippen molar-refractivity contribution in [1.82, 2.24) is 9.47 Å². The van der Waals surface area contributed by atoms with E-state index in [1.807, 2.05) is 0 Å². The van der Waals surface area contributed by atoms with E-state index >= 15 is 0 Å². The van der Waals surface area contributed by atoms with Gasteiger partial charge >= 0.3 is 0 Å². The van der Waals surface area contributed by atoms with Crippen molar-refractivity contribution in [3.8, 4) is 11.4 Å². The molecule has 1 aromatic heterocycles. The molecule has 0 atom stereocenters. The quantitative estimate of drug-likeness (QED) is 0.486. The molecule has 1 aromatic carbocycles. The molecule has 2 heterocycles. The molecule has 1 saturated heterocycles. The van der Waals surface area contributed by atoms with Gasteiger partial charge in [0.1, 0.15) is 0 Å². The third-order valence-corrected chi connectivity index (χ3v) is 5.54. The van der Waals surface area contributed by atoms with Crippen molar-refractivity contribution in [2.75, 3.05) is 20.2 Å². The Hall–Kier alpha value is 0.01000. The maximum absolute atomic E-state index is 5.65. The highest BCUT2D eigenvalue weighted by atomic mass is 127. The van der Waals surface area contributed by atoms with Crippen LogP contribution in [-0.4, -0.2) is 29.7 Å². The molecule has 3 rings (SSSR count). The molecular weight excluding hydrogens is 537 g/mol. The molecule has 0 aliphatic carbocycles. The van der Waals surface area contributed by atoms with E-state index < -0.39 is 0 Å². The van der Waals surface area contributed by atoms with Crippen LogP contribution >= 0.6 is 57.6 Å². The maximum Gasteiger partial charge on any atom is 0.156 e. The molecule has 1 aliphatic heterocycles. The number of ether oxygens (including phenoxy) is 1. The average molecular weight is 559 g/mol. The van der Waals surface area contributed by atoms with Crippen molar-refractivity contribution >= 4 is 57.6 Å². The summed E-state index contributed by atoms with van der Waals surface area (Å²) in [7, 11) is 1.75. The predicted octanol–water partition coefficient (Wildman–Crippen LogP) is 5.10. The largest absolute Gasteiger partial charge is 0.493 e. The van der Waals surface area contributed by atoms with Gasteiger partial charge in [0.2, 0.25) is 0 Å². The molecular formula is C17H21ClI2N2O. The van der Waals surface area contributed by atoms with Crippen molar-refractivity contribution in [3.63, 3.8) is 0 Å². The number of nitrogens with zero attached hydrogens (tertiary/aromatic N) is 2. The minimum Gasteiger partial charge on any atom is -0.493 e. The number of likely N-dealkylation sites (tertiary alicyclic amines) is 1. The van der Waals surface area contributed by atoms with E-state index in [0.29, 0.717) is 0 Å². The van der Waals surface area contributed by atoms with Crippen molar-refractivity contribution in [2.45, 2.75) is 25.8 Å². The van der Waals surface area contributed by atoms with Crippen LogP contribution in [0.4, 0.5) is 0 Å². The first-order valence-electron chi connectivity index (χ1n) is 7.61. The molecule has 6 heteroatoms. The van der Waals surface area contributed by atoms with Gasteiger partial charge < -0.3 is 9.30 Å². The van der Waals surface area contributed by atoms with Gasteiger partial charge in [-0.15, -0.1) is 12.4 Å². The third kappa shape index (κ3) is 4.55. The molecule has 1 fully saturated rings. The zero-order valence-electron chi connectivity index (χ0n) is 13.1. The minimum atomic E-state index is 0. The van der Waals surface area contributed by atoms with Gasteiger partial charge in [0.15, 0.2) is 5.75 Å². The summed E-state index contributed by atoms with van der Waals surface area (Å²) in [6.45, 7) is 3.44. The van der Waals surface area contributed by atoms with Crippen LogP contribution in [0.3, 0.4) is 0 Å². The standard InChI is InChI=1S/C17H20I2N2O.ClH/c1-22-17-15(19)10-13(18)11-16(17)21-9-5-6-14(21)12-20-7-3-2-4-8-20;/h5-6,9-11H,2-4,7-8,12H2,1H3;1H. The summed E-state index contributed by atoms with van der Waals surface area (Å²) in [5, 5.41) is 0. The van der Waals surface area contributed by atoms with E-state index in [0.717, 1.165) is 21.6 Å². The highest BCUT2D eigenvalue weighted by molar-refractivity contribution is 14.1. The summed E-state index contributed by atoms with van der Waals surface area (Å²) in [6, 6.07) is 8.70. The fourth-order valence-electron chi connectivity index (χ4n) is 3.05.